The summed E-state index contributed by atoms with van der Waals surface area (Å²) in [6.07, 6.45) is 0.574. The molecule has 1 saturated heterocycles. The summed E-state index contributed by atoms with van der Waals surface area (Å²) in [7, 11) is 0. The van der Waals surface area contributed by atoms with Crippen LogP contribution in [0.15, 0.2) is 4.99 Å². The van der Waals surface area contributed by atoms with Crippen molar-refractivity contribution in [2.45, 2.75) is 75.5 Å². The van der Waals surface area contributed by atoms with Crippen molar-refractivity contribution in [2.24, 2.45) is 33.7 Å². The Morgan fingerprint density at radius 2 is 1.54 bits per heavy atom. The number of hydrogen-bond acceptors (Lipinski definition) is 8. The van der Waals surface area contributed by atoms with Gasteiger partial charge in [-0.2, -0.15) is 0 Å². The Kier molecular flexibility index (Phi) is 12.8. The van der Waals surface area contributed by atoms with Crippen molar-refractivity contribution in [3.63, 3.8) is 0 Å². The zero-order valence-corrected chi connectivity index (χ0v) is 20.6. The van der Waals surface area contributed by atoms with E-state index in [2.05, 4.69) is 15.6 Å². The lowest BCUT2D eigenvalue weighted by Gasteiger charge is -2.30. The number of carboxylic acid groups (broad SMARTS) is 1. The van der Waals surface area contributed by atoms with Crippen molar-refractivity contribution in [2.75, 3.05) is 13.1 Å². The largest absolute Gasteiger partial charge is 0.480 e. The number of amides is 5. The van der Waals surface area contributed by atoms with E-state index in [0.717, 1.165) is 0 Å². The molecule has 0 saturated carbocycles. The molecule has 5 amide bonds. The zero-order chi connectivity index (χ0) is 28.1. The summed E-state index contributed by atoms with van der Waals surface area (Å²) < 4.78 is 0. The number of carbonyl (C=O) groups excluding carboxylic acids is 5. The van der Waals surface area contributed by atoms with E-state index in [1.165, 1.54) is 4.90 Å². The van der Waals surface area contributed by atoms with Crippen LogP contribution in [-0.2, 0) is 28.8 Å². The molecule has 208 valence electrons. The van der Waals surface area contributed by atoms with Gasteiger partial charge in [-0.3, -0.25) is 29.0 Å². The molecule has 1 heterocycles. The molecule has 16 heteroatoms. The second kappa shape index (κ2) is 15.2. The third kappa shape index (κ3) is 11.1. The predicted molar refractivity (Wildman–Crippen MR) is 131 cm³/mol. The fourth-order valence-corrected chi connectivity index (χ4v) is 3.78. The monoisotopic (exact) mass is 527 g/mol. The number of primary amides is 2. The van der Waals surface area contributed by atoms with Crippen molar-refractivity contribution in [3.05, 3.63) is 0 Å². The number of rotatable bonds is 16. The second-order valence-electron chi connectivity index (χ2n) is 8.72. The standard InChI is InChI=1S/C21H37N9O7/c22-11(5-7-15(23)31)17(33)28-12(3-1-9-27-21(25)26)19(35)30-10-2-4-14(30)18(34)29-13(20(36)37)6-8-16(24)32/h11-14H,1-10,22H2,(H2,23,31)(H2,24,32)(H,28,33)(H,29,34)(H,36,37)(H4,25,26,27). The Hall–Kier alpha value is -3.95. The molecular weight excluding hydrogens is 490 g/mol. The van der Waals surface area contributed by atoms with E-state index >= 15 is 0 Å². The normalized spacial score (nSPS) is 17.2. The number of hydrogen-bond donors (Lipinski definition) is 8. The lowest BCUT2D eigenvalue weighted by Crippen LogP contribution is -2.56. The average Bonchev–Trinajstić information content (AvgIpc) is 3.30. The number of nitrogens with one attached hydrogen (secondary N) is 2. The van der Waals surface area contributed by atoms with Crippen LogP contribution in [-0.4, -0.2) is 88.7 Å². The minimum Gasteiger partial charge on any atom is -0.480 e. The maximum Gasteiger partial charge on any atom is 0.326 e. The Labute approximate surface area is 213 Å². The summed E-state index contributed by atoms with van der Waals surface area (Å²) >= 11 is 0. The molecule has 0 spiro atoms. The molecule has 0 aromatic carbocycles. The predicted octanol–water partition coefficient (Wildman–Crippen LogP) is -4.06. The molecule has 1 rings (SSSR count). The van der Waals surface area contributed by atoms with Crippen LogP contribution in [0.1, 0.15) is 51.4 Å². The van der Waals surface area contributed by atoms with Gasteiger partial charge in [0, 0.05) is 25.9 Å². The van der Waals surface area contributed by atoms with Crippen LogP contribution in [0.2, 0.25) is 0 Å². The van der Waals surface area contributed by atoms with Gasteiger partial charge in [0.1, 0.15) is 18.1 Å². The summed E-state index contributed by atoms with van der Waals surface area (Å²) in [5, 5.41) is 14.3. The highest BCUT2D eigenvalue weighted by molar-refractivity contribution is 5.94. The highest BCUT2D eigenvalue weighted by Crippen LogP contribution is 2.20. The minimum absolute atomic E-state index is 0.0211. The van der Waals surface area contributed by atoms with Gasteiger partial charge in [-0.05, 0) is 38.5 Å². The number of nitrogens with zero attached hydrogens (tertiary/aromatic N) is 2. The van der Waals surface area contributed by atoms with Gasteiger partial charge in [0.2, 0.25) is 29.5 Å². The molecule has 0 aromatic rings. The molecular formula is C21H37N9O7. The van der Waals surface area contributed by atoms with Gasteiger partial charge in [0.15, 0.2) is 5.96 Å². The summed E-state index contributed by atoms with van der Waals surface area (Å²) in [6.45, 7) is 0.379. The maximum absolute atomic E-state index is 13.4. The number of guanidine groups is 1. The number of carbonyl (C=O) groups is 6. The van der Waals surface area contributed by atoms with E-state index in [4.69, 9.17) is 28.7 Å². The van der Waals surface area contributed by atoms with Gasteiger partial charge in [0.25, 0.3) is 0 Å². The number of aliphatic imine (C=N–C) groups is 1. The molecule has 4 atom stereocenters. The SMILES string of the molecule is NC(=O)CCC(N)C(=O)NC(CCCN=C(N)N)C(=O)N1CCCC1C(=O)NC(CCC(N)=O)C(=O)O. The van der Waals surface area contributed by atoms with Crippen LogP contribution in [0, 0.1) is 0 Å². The molecule has 4 unspecified atom stereocenters. The van der Waals surface area contributed by atoms with E-state index in [-0.39, 0.29) is 57.6 Å². The summed E-state index contributed by atoms with van der Waals surface area (Å²) in [5.41, 5.74) is 26.6. The molecule has 0 aliphatic carbocycles. The van der Waals surface area contributed by atoms with Gasteiger partial charge in [-0.25, -0.2) is 4.79 Å². The van der Waals surface area contributed by atoms with Crippen LogP contribution in [0.4, 0.5) is 0 Å². The van der Waals surface area contributed by atoms with Crippen LogP contribution in [0.3, 0.4) is 0 Å². The van der Waals surface area contributed by atoms with Crippen molar-refractivity contribution in [1.29, 1.82) is 0 Å². The molecule has 0 aromatic heterocycles. The lowest BCUT2D eigenvalue weighted by molar-refractivity contribution is -0.145. The van der Waals surface area contributed by atoms with E-state index in [0.29, 0.717) is 12.8 Å². The van der Waals surface area contributed by atoms with Gasteiger partial charge in [-0.15, -0.1) is 0 Å². The molecule has 1 aliphatic heterocycles. The van der Waals surface area contributed by atoms with Crippen molar-refractivity contribution < 1.29 is 33.9 Å². The zero-order valence-electron chi connectivity index (χ0n) is 20.6. The number of likely N-dealkylation sites (tertiary alicyclic amines) is 1. The van der Waals surface area contributed by atoms with E-state index in [1.807, 2.05) is 0 Å². The Morgan fingerprint density at radius 1 is 0.919 bits per heavy atom. The highest BCUT2D eigenvalue weighted by atomic mass is 16.4. The van der Waals surface area contributed by atoms with Gasteiger partial charge < -0.3 is 49.3 Å². The molecule has 1 fully saturated rings. The van der Waals surface area contributed by atoms with Crippen LogP contribution >= 0.6 is 0 Å². The smallest absolute Gasteiger partial charge is 0.326 e. The molecule has 0 radical (unpaired) electrons. The molecule has 13 N–H and O–H groups in total. The van der Waals surface area contributed by atoms with E-state index < -0.39 is 59.7 Å². The highest BCUT2D eigenvalue weighted by Gasteiger charge is 2.39. The topological polar surface area (TPSA) is 292 Å². The lowest BCUT2D eigenvalue weighted by atomic mass is 10.1. The average molecular weight is 528 g/mol. The Morgan fingerprint density at radius 3 is 2.11 bits per heavy atom. The third-order valence-electron chi connectivity index (χ3n) is 5.73. The van der Waals surface area contributed by atoms with E-state index in [1.54, 1.807) is 0 Å². The van der Waals surface area contributed by atoms with Crippen LogP contribution < -0.4 is 39.3 Å². The van der Waals surface area contributed by atoms with Crippen molar-refractivity contribution in [1.82, 2.24) is 15.5 Å². The first-order valence-electron chi connectivity index (χ1n) is 11.8. The molecule has 0 bridgehead atoms. The molecule has 37 heavy (non-hydrogen) atoms. The fraction of sp³-hybridized carbons (Fsp3) is 0.667. The number of nitrogens with two attached hydrogens (primary N) is 5. The minimum atomic E-state index is -1.36. The fourth-order valence-electron chi connectivity index (χ4n) is 3.78. The van der Waals surface area contributed by atoms with Gasteiger partial charge in [0.05, 0.1) is 6.04 Å². The first kappa shape index (κ1) is 31.1. The molecule has 16 nitrogen and oxygen atoms in total. The van der Waals surface area contributed by atoms with Gasteiger partial charge in [-0.1, -0.05) is 0 Å². The van der Waals surface area contributed by atoms with Crippen molar-refractivity contribution in [3.8, 4) is 0 Å². The first-order valence-corrected chi connectivity index (χ1v) is 11.8. The Bertz CT molecular complexity index is 892. The number of carboxylic acids is 1. The second-order valence-corrected chi connectivity index (χ2v) is 8.72. The summed E-state index contributed by atoms with van der Waals surface area (Å²) in [4.78, 5) is 77.5. The third-order valence-corrected chi connectivity index (χ3v) is 5.73. The van der Waals surface area contributed by atoms with Gasteiger partial charge >= 0.3 is 5.97 Å². The summed E-state index contributed by atoms with van der Waals surface area (Å²) in [5.74, 6) is -4.78. The maximum atomic E-state index is 13.4. The Balaban J connectivity index is 2.98. The van der Waals surface area contributed by atoms with Crippen LogP contribution in [0.5, 0.6) is 0 Å². The quantitative estimate of drug-likeness (QED) is 0.0545. The van der Waals surface area contributed by atoms with Crippen molar-refractivity contribution >= 4 is 41.5 Å². The first-order chi connectivity index (χ1) is 17.3. The molecule has 1 aliphatic rings. The van der Waals surface area contributed by atoms with Crippen LogP contribution in [0.25, 0.3) is 0 Å². The number of aliphatic carboxylic acids is 1. The van der Waals surface area contributed by atoms with E-state index in [9.17, 15) is 33.9 Å². The summed E-state index contributed by atoms with van der Waals surface area (Å²) in [6, 6.07) is -4.53.